The number of fused-ring (bicyclic) bond motifs is 1. The number of amides is 1. The number of ether oxygens (including phenoxy) is 2. The van der Waals surface area contributed by atoms with Crippen LogP contribution in [0.1, 0.15) is 25.0 Å². The largest absolute Gasteiger partial charge is 0.493 e. The number of hydrogen-bond donors (Lipinski definition) is 0. The lowest BCUT2D eigenvalue weighted by atomic mass is 10.1. The SMILES string of the molecule is CCN=C1S/C(=C\c2cc(OC)c(OCc3ccc4ccccc4c3)cc2Br)C(=O)N1CC. The first kappa shape index (κ1) is 23.4. The number of carbonyl (C=O) groups excluding carboxylic acids is 1. The van der Waals surface area contributed by atoms with Crippen LogP contribution in [0.4, 0.5) is 0 Å². The van der Waals surface area contributed by atoms with E-state index in [4.69, 9.17) is 9.47 Å². The topological polar surface area (TPSA) is 51.1 Å². The minimum Gasteiger partial charge on any atom is -0.493 e. The molecule has 1 amide bonds. The highest BCUT2D eigenvalue weighted by atomic mass is 79.9. The van der Waals surface area contributed by atoms with Gasteiger partial charge in [0.05, 0.1) is 12.0 Å². The van der Waals surface area contributed by atoms with Crippen molar-refractivity contribution in [3.8, 4) is 11.5 Å². The van der Waals surface area contributed by atoms with E-state index in [2.05, 4.69) is 51.3 Å². The van der Waals surface area contributed by atoms with Crippen molar-refractivity contribution in [2.45, 2.75) is 20.5 Å². The monoisotopic (exact) mass is 524 g/mol. The highest BCUT2D eigenvalue weighted by Crippen LogP contribution is 2.38. The summed E-state index contributed by atoms with van der Waals surface area (Å²) in [6.45, 7) is 5.57. The van der Waals surface area contributed by atoms with Gasteiger partial charge in [0, 0.05) is 17.6 Å². The van der Waals surface area contributed by atoms with E-state index in [-0.39, 0.29) is 5.91 Å². The van der Waals surface area contributed by atoms with Gasteiger partial charge in [0.2, 0.25) is 0 Å². The number of hydrogen-bond acceptors (Lipinski definition) is 5. The van der Waals surface area contributed by atoms with Crippen molar-refractivity contribution in [3.05, 3.63) is 75.1 Å². The minimum atomic E-state index is -0.0304. The van der Waals surface area contributed by atoms with Gasteiger partial charge in [0.25, 0.3) is 5.91 Å². The first-order valence-corrected chi connectivity index (χ1v) is 12.4. The molecule has 1 aliphatic heterocycles. The van der Waals surface area contributed by atoms with Crippen LogP contribution in [-0.2, 0) is 11.4 Å². The summed E-state index contributed by atoms with van der Waals surface area (Å²) < 4.78 is 12.5. The van der Waals surface area contributed by atoms with E-state index in [1.165, 1.54) is 22.5 Å². The average molecular weight is 525 g/mol. The summed E-state index contributed by atoms with van der Waals surface area (Å²) in [4.78, 5) is 19.6. The molecule has 1 aliphatic rings. The van der Waals surface area contributed by atoms with Gasteiger partial charge in [-0.05, 0) is 71.8 Å². The Kier molecular flexibility index (Phi) is 7.40. The molecule has 0 spiro atoms. The molecule has 7 heteroatoms. The van der Waals surface area contributed by atoms with Crippen LogP contribution in [0.3, 0.4) is 0 Å². The molecule has 3 aromatic rings. The number of thioether (sulfide) groups is 1. The van der Waals surface area contributed by atoms with Gasteiger partial charge >= 0.3 is 0 Å². The van der Waals surface area contributed by atoms with E-state index in [0.717, 1.165) is 20.8 Å². The fourth-order valence-corrected chi connectivity index (χ4v) is 5.14. The Bertz CT molecular complexity index is 1260. The van der Waals surface area contributed by atoms with Crippen LogP contribution < -0.4 is 9.47 Å². The fraction of sp³-hybridized carbons (Fsp3) is 0.231. The molecule has 3 aromatic carbocycles. The Balaban J connectivity index is 1.57. The predicted octanol–water partition coefficient (Wildman–Crippen LogP) is 6.50. The number of likely N-dealkylation sites (N-methyl/N-ethyl adjacent to an activating group) is 1. The molecule has 170 valence electrons. The molecule has 0 bridgehead atoms. The number of aliphatic imine (C=N–C) groups is 1. The van der Waals surface area contributed by atoms with Crippen molar-refractivity contribution in [3.63, 3.8) is 0 Å². The van der Waals surface area contributed by atoms with E-state index < -0.39 is 0 Å². The Morgan fingerprint density at radius 3 is 2.58 bits per heavy atom. The zero-order valence-corrected chi connectivity index (χ0v) is 21.2. The van der Waals surface area contributed by atoms with Crippen LogP contribution in [-0.4, -0.2) is 36.2 Å². The van der Waals surface area contributed by atoms with Crippen LogP contribution in [0.5, 0.6) is 11.5 Å². The lowest BCUT2D eigenvalue weighted by molar-refractivity contribution is -0.122. The summed E-state index contributed by atoms with van der Waals surface area (Å²) in [7, 11) is 1.61. The van der Waals surface area contributed by atoms with Crippen molar-refractivity contribution in [2.75, 3.05) is 20.2 Å². The Labute approximate surface area is 206 Å². The van der Waals surface area contributed by atoms with E-state index in [9.17, 15) is 4.79 Å². The molecule has 0 radical (unpaired) electrons. The highest BCUT2D eigenvalue weighted by molar-refractivity contribution is 9.10. The summed E-state index contributed by atoms with van der Waals surface area (Å²) in [5.41, 5.74) is 1.92. The maximum absolute atomic E-state index is 12.8. The Morgan fingerprint density at radius 1 is 1.06 bits per heavy atom. The van der Waals surface area contributed by atoms with Crippen molar-refractivity contribution >= 4 is 55.6 Å². The number of benzene rings is 3. The second kappa shape index (κ2) is 10.4. The third-order valence-corrected chi connectivity index (χ3v) is 7.01. The van der Waals surface area contributed by atoms with Crippen molar-refractivity contribution < 1.29 is 14.3 Å². The molecule has 0 aliphatic carbocycles. The first-order valence-electron chi connectivity index (χ1n) is 10.8. The summed E-state index contributed by atoms with van der Waals surface area (Å²) >= 11 is 5.03. The summed E-state index contributed by atoms with van der Waals surface area (Å²) in [6.07, 6.45) is 1.87. The smallest absolute Gasteiger partial charge is 0.266 e. The molecular weight excluding hydrogens is 500 g/mol. The van der Waals surface area contributed by atoms with Gasteiger partial charge in [-0.25, -0.2) is 0 Å². The summed E-state index contributed by atoms with van der Waals surface area (Å²) in [5, 5.41) is 3.13. The molecule has 0 saturated carbocycles. The van der Waals surface area contributed by atoms with Crippen LogP contribution in [0.2, 0.25) is 0 Å². The number of carbonyl (C=O) groups is 1. The van der Waals surface area contributed by atoms with E-state index >= 15 is 0 Å². The molecule has 4 rings (SSSR count). The quantitative estimate of drug-likeness (QED) is 0.331. The average Bonchev–Trinajstić information content (AvgIpc) is 3.12. The standard InChI is InChI=1S/C26H25BrN2O3S/c1-4-28-26-29(5-2)25(30)24(33-26)14-20-13-22(31-3)23(15-21(20)27)32-16-17-10-11-18-8-6-7-9-19(18)12-17/h6-15H,4-5,16H2,1-3H3/b24-14-,28-26?. The third kappa shape index (κ3) is 5.09. The number of halogens is 1. The van der Waals surface area contributed by atoms with Gasteiger partial charge in [-0.2, -0.15) is 0 Å². The second-order valence-corrected chi connectivity index (χ2v) is 9.28. The van der Waals surface area contributed by atoms with Gasteiger partial charge < -0.3 is 9.47 Å². The van der Waals surface area contributed by atoms with Crippen LogP contribution in [0, 0.1) is 0 Å². The summed E-state index contributed by atoms with van der Waals surface area (Å²) in [6, 6.07) is 18.3. The maximum atomic E-state index is 12.8. The molecule has 1 heterocycles. The van der Waals surface area contributed by atoms with Gasteiger partial charge in [-0.1, -0.05) is 52.3 Å². The van der Waals surface area contributed by atoms with Crippen molar-refractivity contribution in [2.24, 2.45) is 4.99 Å². The van der Waals surface area contributed by atoms with Crippen LogP contribution >= 0.6 is 27.7 Å². The lowest BCUT2D eigenvalue weighted by Gasteiger charge is -2.13. The molecule has 0 unspecified atom stereocenters. The van der Waals surface area contributed by atoms with E-state index in [0.29, 0.717) is 36.1 Å². The molecule has 5 nitrogen and oxygen atoms in total. The van der Waals surface area contributed by atoms with E-state index in [1.807, 2.05) is 44.2 Å². The molecule has 0 aromatic heterocycles. The third-order valence-electron chi connectivity index (χ3n) is 5.28. The lowest BCUT2D eigenvalue weighted by Crippen LogP contribution is -2.28. The van der Waals surface area contributed by atoms with Crippen molar-refractivity contribution in [1.29, 1.82) is 0 Å². The van der Waals surface area contributed by atoms with Gasteiger partial charge in [0.15, 0.2) is 16.7 Å². The number of nitrogens with zero attached hydrogens (tertiary/aromatic N) is 2. The van der Waals surface area contributed by atoms with Crippen molar-refractivity contribution in [1.82, 2.24) is 4.90 Å². The highest BCUT2D eigenvalue weighted by Gasteiger charge is 2.32. The van der Waals surface area contributed by atoms with E-state index in [1.54, 1.807) is 12.0 Å². The maximum Gasteiger partial charge on any atom is 0.266 e. The molecule has 1 fully saturated rings. The minimum absolute atomic E-state index is 0.0304. The number of amidine groups is 1. The molecule has 0 N–H and O–H groups in total. The van der Waals surface area contributed by atoms with Gasteiger partial charge in [-0.15, -0.1) is 0 Å². The first-order chi connectivity index (χ1) is 16.0. The Morgan fingerprint density at radius 2 is 1.85 bits per heavy atom. The molecular formula is C26H25BrN2O3S. The Hall–Kier alpha value is -2.77. The predicted molar refractivity (Wildman–Crippen MR) is 140 cm³/mol. The number of rotatable bonds is 7. The molecule has 0 atom stereocenters. The number of methoxy groups -OCH3 is 1. The zero-order valence-electron chi connectivity index (χ0n) is 18.8. The second-order valence-electron chi connectivity index (χ2n) is 7.41. The van der Waals surface area contributed by atoms with Crippen LogP contribution in [0.25, 0.3) is 16.8 Å². The van der Waals surface area contributed by atoms with Gasteiger partial charge in [-0.3, -0.25) is 14.7 Å². The normalized spacial score (nSPS) is 16.2. The summed E-state index contributed by atoms with van der Waals surface area (Å²) in [5.74, 6) is 1.21. The zero-order chi connectivity index (χ0) is 23.4. The van der Waals surface area contributed by atoms with Crippen LogP contribution in [0.15, 0.2) is 69.0 Å². The van der Waals surface area contributed by atoms with Gasteiger partial charge in [0.1, 0.15) is 6.61 Å². The molecule has 33 heavy (non-hydrogen) atoms. The fourth-order valence-electron chi connectivity index (χ4n) is 3.60. The molecule has 1 saturated heterocycles.